The average Bonchev–Trinajstić information content (AvgIpc) is 2.78. The van der Waals surface area contributed by atoms with Gasteiger partial charge in [-0.2, -0.15) is 4.98 Å². The van der Waals surface area contributed by atoms with Crippen molar-refractivity contribution in [2.24, 2.45) is 0 Å². The summed E-state index contributed by atoms with van der Waals surface area (Å²) < 4.78 is 0. The van der Waals surface area contributed by atoms with Crippen LogP contribution in [0.3, 0.4) is 0 Å². The molecule has 5 heteroatoms. The lowest BCUT2D eigenvalue weighted by atomic mass is 10.2. The number of nitrogens with zero attached hydrogens (tertiary/aromatic N) is 4. The van der Waals surface area contributed by atoms with Crippen molar-refractivity contribution in [2.75, 3.05) is 44.4 Å². The van der Waals surface area contributed by atoms with Crippen LogP contribution in [-0.4, -0.2) is 55.1 Å². The van der Waals surface area contributed by atoms with E-state index in [9.17, 15) is 0 Å². The SMILES string of the molecule is CNc1nccc(N2CCC(N(C)C)C2)n1. The first kappa shape index (κ1) is 11.1. The van der Waals surface area contributed by atoms with E-state index in [1.54, 1.807) is 6.20 Å². The van der Waals surface area contributed by atoms with Crippen molar-refractivity contribution in [3.05, 3.63) is 12.3 Å². The van der Waals surface area contributed by atoms with E-state index >= 15 is 0 Å². The third-order valence-electron chi connectivity index (χ3n) is 3.08. The fraction of sp³-hybridized carbons (Fsp3) is 0.636. The molecule has 1 unspecified atom stereocenters. The Hall–Kier alpha value is -1.36. The van der Waals surface area contributed by atoms with Crippen LogP contribution in [0.2, 0.25) is 0 Å². The number of aromatic nitrogens is 2. The van der Waals surface area contributed by atoms with Gasteiger partial charge in [0.1, 0.15) is 5.82 Å². The number of anilines is 2. The van der Waals surface area contributed by atoms with Gasteiger partial charge in [-0.1, -0.05) is 0 Å². The summed E-state index contributed by atoms with van der Waals surface area (Å²) in [6.45, 7) is 2.12. The van der Waals surface area contributed by atoms with E-state index in [0.29, 0.717) is 12.0 Å². The minimum absolute atomic E-state index is 0.632. The molecular weight excluding hydrogens is 202 g/mol. The molecule has 2 rings (SSSR count). The molecule has 88 valence electrons. The summed E-state index contributed by atoms with van der Waals surface area (Å²) in [4.78, 5) is 13.2. The van der Waals surface area contributed by atoms with Crippen LogP contribution < -0.4 is 10.2 Å². The largest absolute Gasteiger partial charge is 0.357 e. The van der Waals surface area contributed by atoms with Crippen LogP contribution in [0.5, 0.6) is 0 Å². The molecule has 1 N–H and O–H groups in total. The van der Waals surface area contributed by atoms with Crippen molar-refractivity contribution in [2.45, 2.75) is 12.5 Å². The summed E-state index contributed by atoms with van der Waals surface area (Å²) in [5, 5.41) is 2.97. The van der Waals surface area contributed by atoms with Crippen molar-refractivity contribution in [1.82, 2.24) is 14.9 Å². The molecule has 16 heavy (non-hydrogen) atoms. The summed E-state index contributed by atoms with van der Waals surface area (Å²) in [6, 6.07) is 2.60. The van der Waals surface area contributed by atoms with E-state index in [0.717, 1.165) is 18.9 Å². The number of likely N-dealkylation sites (N-methyl/N-ethyl adjacent to an activating group) is 1. The minimum atomic E-state index is 0.632. The molecular formula is C11H19N5. The maximum absolute atomic E-state index is 4.45. The standard InChI is InChI=1S/C11H19N5/c1-12-11-13-6-4-10(14-11)16-7-5-9(8-16)15(2)3/h4,6,9H,5,7-8H2,1-3H3,(H,12,13,14). The second kappa shape index (κ2) is 4.65. The van der Waals surface area contributed by atoms with E-state index in [1.165, 1.54) is 6.42 Å². The molecule has 1 saturated heterocycles. The maximum Gasteiger partial charge on any atom is 0.224 e. The zero-order chi connectivity index (χ0) is 11.5. The van der Waals surface area contributed by atoms with Crippen molar-refractivity contribution in [1.29, 1.82) is 0 Å². The van der Waals surface area contributed by atoms with Gasteiger partial charge in [-0.25, -0.2) is 4.98 Å². The van der Waals surface area contributed by atoms with Gasteiger partial charge in [-0.05, 0) is 26.6 Å². The van der Waals surface area contributed by atoms with Gasteiger partial charge in [0.15, 0.2) is 0 Å². The smallest absolute Gasteiger partial charge is 0.224 e. The number of nitrogens with one attached hydrogen (secondary N) is 1. The Morgan fingerprint density at radius 3 is 2.94 bits per heavy atom. The first-order chi connectivity index (χ1) is 7.70. The third kappa shape index (κ3) is 2.24. The highest BCUT2D eigenvalue weighted by Gasteiger charge is 2.24. The van der Waals surface area contributed by atoms with Crippen LogP contribution in [0.25, 0.3) is 0 Å². The topological polar surface area (TPSA) is 44.3 Å². The van der Waals surface area contributed by atoms with Crippen LogP contribution in [0, 0.1) is 0 Å². The zero-order valence-corrected chi connectivity index (χ0v) is 10.1. The van der Waals surface area contributed by atoms with Gasteiger partial charge in [-0.3, -0.25) is 0 Å². The lowest BCUT2D eigenvalue weighted by molar-refractivity contribution is 0.315. The third-order valence-corrected chi connectivity index (χ3v) is 3.08. The number of rotatable bonds is 3. The van der Waals surface area contributed by atoms with Crippen molar-refractivity contribution in [3.8, 4) is 0 Å². The minimum Gasteiger partial charge on any atom is -0.357 e. The molecule has 0 bridgehead atoms. The van der Waals surface area contributed by atoms with E-state index in [4.69, 9.17) is 0 Å². The van der Waals surface area contributed by atoms with Gasteiger partial charge in [0.05, 0.1) is 0 Å². The van der Waals surface area contributed by atoms with Gasteiger partial charge < -0.3 is 15.1 Å². The summed E-state index contributed by atoms with van der Waals surface area (Å²) in [7, 11) is 6.10. The molecule has 0 aromatic carbocycles. The molecule has 5 nitrogen and oxygen atoms in total. The second-order valence-corrected chi connectivity index (χ2v) is 4.34. The predicted octanol–water partition coefficient (Wildman–Crippen LogP) is 0.659. The predicted molar refractivity (Wildman–Crippen MR) is 65.9 cm³/mol. The average molecular weight is 221 g/mol. The molecule has 1 aliphatic rings. The molecule has 0 aliphatic carbocycles. The van der Waals surface area contributed by atoms with Gasteiger partial charge in [0.2, 0.25) is 5.95 Å². The Bertz CT molecular complexity index is 352. The molecule has 1 aliphatic heterocycles. The highest BCUT2D eigenvalue weighted by atomic mass is 15.3. The lowest BCUT2D eigenvalue weighted by Gasteiger charge is -2.21. The van der Waals surface area contributed by atoms with Crippen molar-refractivity contribution < 1.29 is 0 Å². The zero-order valence-electron chi connectivity index (χ0n) is 10.1. The van der Waals surface area contributed by atoms with Gasteiger partial charge in [0, 0.05) is 32.4 Å². The Kier molecular flexibility index (Phi) is 3.24. The highest BCUT2D eigenvalue weighted by Crippen LogP contribution is 2.20. The molecule has 2 heterocycles. The van der Waals surface area contributed by atoms with Gasteiger partial charge in [0.25, 0.3) is 0 Å². The molecule has 0 spiro atoms. The van der Waals surface area contributed by atoms with Gasteiger partial charge in [-0.15, -0.1) is 0 Å². The van der Waals surface area contributed by atoms with Gasteiger partial charge >= 0.3 is 0 Å². The number of hydrogen-bond acceptors (Lipinski definition) is 5. The molecule has 1 aromatic heterocycles. The fourth-order valence-corrected chi connectivity index (χ4v) is 2.02. The van der Waals surface area contributed by atoms with Crippen LogP contribution in [0.4, 0.5) is 11.8 Å². The first-order valence-corrected chi connectivity index (χ1v) is 5.63. The van der Waals surface area contributed by atoms with Crippen LogP contribution >= 0.6 is 0 Å². The van der Waals surface area contributed by atoms with Crippen LogP contribution in [0.15, 0.2) is 12.3 Å². The lowest BCUT2D eigenvalue weighted by Crippen LogP contribution is -2.31. The molecule has 1 fully saturated rings. The Morgan fingerprint density at radius 2 is 2.31 bits per heavy atom. The number of hydrogen-bond donors (Lipinski definition) is 1. The van der Waals surface area contributed by atoms with E-state index in [-0.39, 0.29) is 0 Å². The molecule has 0 radical (unpaired) electrons. The summed E-state index contributed by atoms with van der Waals surface area (Å²) in [6.07, 6.45) is 3.00. The summed E-state index contributed by atoms with van der Waals surface area (Å²) in [5.74, 6) is 1.70. The molecule has 1 aromatic rings. The second-order valence-electron chi connectivity index (χ2n) is 4.34. The summed E-state index contributed by atoms with van der Waals surface area (Å²) >= 11 is 0. The fourth-order valence-electron chi connectivity index (χ4n) is 2.02. The Morgan fingerprint density at radius 1 is 1.50 bits per heavy atom. The molecule has 0 amide bonds. The van der Waals surface area contributed by atoms with Crippen molar-refractivity contribution >= 4 is 11.8 Å². The molecule has 1 atom stereocenters. The normalized spacial score (nSPS) is 20.5. The van der Waals surface area contributed by atoms with E-state index in [1.807, 2.05) is 13.1 Å². The van der Waals surface area contributed by atoms with Crippen molar-refractivity contribution in [3.63, 3.8) is 0 Å². The van der Waals surface area contributed by atoms with E-state index in [2.05, 4.69) is 39.2 Å². The van der Waals surface area contributed by atoms with E-state index < -0.39 is 0 Å². The molecule has 0 saturated carbocycles. The maximum atomic E-state index is 4.45. The first-order valence-electron chi connectivity index (χ1n) is 5.63. The highest BCUT2D eigenvalue weighted by molar-refractivity contribution is 5.43. The monoisotopic (exact) mass is 221 g/mol. The van der Waals surface area contributed by atoms with Crippen LogP contribution in [0.1, 0.15) is 6.42 Å². The Labute approximate surface area is 96.5 Å². The Balaban J connectivity index is 2.08. The summed E-state index contributed by atoms with van der Waals surface area (Å²) in [5.41, 5.74) is 0. The van der Waals surface area contributed by atoms with Crippen LogP contribution in [-0.2, 0) is 0 Å². The quantitative estimate of drug-likeness (QED) is 0.812.